The molecule has 0 fully saturated rings. The monoisotopic (exact) mass is 439 g/mol. The van der Waals surface area contributed by atoms with Crippen LogP contribution >= 0.6 is 11.8 Å². The van der Waals surface area contributed by atoms with E-state index in [4.69, 9.17) is 14.2 Å². The molecule has 2 aromatic rings. The molecule has 0 saturated carbocycles. The molecule has 0 spiro atoms. The Morgan fingerprint density at radius 1 is 1.03 bits per heavy atom. The van der Waals surface area contributed by atoms with Crippen molar-refractivity contribution in [1.29, 1.82) is 0 Å². The van der Waals surface area contributed by atoms with Crippen LogP contribution in [0.15, 0.2) is 53.4 Å². The minimum Gasteiger partial charge on any atom is -0.493 e. The first-order valence-corrected chi connectivity index (χ1v) is 10.9. The van der Waals surface area contributed by atoms with Crippen LogP contribution in [0.4, 0.5) is 0 Å². The Balaban J connectivity index is 2.13. The van der Waals surface area contributed by atoms with E-state index in [2.05, 4.69) is 0 Å². The van der Waals surface area contributed by atoms with Crippen LogP contribution in [-0.4, -0.2) is 50.8 Å². The van der Waals surface area contributed by atoms with Crippen molar-refractivity contribution in [2.75, 3.05) is 34.1 Å². The summed E-state index contributed by atoms with van der Waals surface area (Å²) in [6.07, 6.45) is 7.59. The SMILES string of the molecule is COc1cc(/C=C(/C(=O)N2CCC=CC2=O)c2ccc(SC)cc2)cc(OC)c1OC. The van der Waals surface area contributed by atoms with Gasteiger partial charge in [-0.05, 0) is 60.2 Å². The van der Waals surface area contributed by atoms with Gasteiger partial charge in [-0.15, -0.1) is 11.8 Å². The number of nitrogens with zero attached hydrogens (tertiary/aromatic N) is 1. The smallest absolute Gasteiger partial charge is 0.261 e. The minimum atomic E-state index is -0.347. The molecule has 0 unspecified atom stereocenters. The van der Waals surface area contributed by atoms with Crippen molar-refractivity contribution in [3.8, 4) is 17.2 Å². The lowest BCUT2D eigenvalue weighted by molar-refractivity contribution is -0.138. The van der Waals surface area contributed by atoms with Crippen LogP contribution in [-0.2, 0) is 9.59 Å². The molecule has 1 aliphatic heterocycles. The number of carbonyl (C=O) groups excluding carboxylic acids is 2. The fourth-order valence-corrected chi connectivity index (χ4v) is 3.73. The molecule has 0 aliphatic carbocycles. The first kappa shape index (κ1) is 22.5. The third kappa shape index (κ3) is 4.94. The molecule has 2 amide bonds. The molecule has 162 valence electrons. The predicted octanol–water partition coefficient (Wildman–Crippen LogP) is 4.29. The van der Waals surface area contributed by atoms with E-state index >= 15 is 0 Å². The first-order valence-electron chi connectivity index (χ1n) is 9.70. The van der Waals surface area contributed by atoms with Gasteiger partial charge in [0.15, 0.2) is 11.5 Å². The maximum Gasteiger partial charge on any atom is 0.261 e. The van der Waals surface area contributed by atoms with Gasteiger partial charge in [0, 0.05) is 17.0 Å². The van der Waals surface area contributed by atoms with Crippen molar-refractivity contribution in [1.82, 2.24) is 4.90 Å². The van der Waals surface area contributed by atoms with Gasteiger partial charge in [-0.25, -0.2) is 0 Å². The third-order valence-corrected chi connectivity index (χ3v) is 5.66. The fourth-order valence-electron chi connectivity index (χ4n) is 3.33. The Labute approximate surface area is 186 Å². The first-order chi connectivity index (χ1) is 15.0. The minimum absolute atomic E-state index is 0.312. The third-order valence-electron chi connectivity index (χ3n) is 4.92. The van der Waals surface area contributed by atoms with Gasteiger partial charge in [-0.3, -0.25) is 14.5 Å². The molecule has 0 bridgehead atoms. The predicted molar refractivity (Wildman–Crippen MR) is 123 cm³/mol. The van der Waals surface area contributed by atoms with Crippen LogP contribution in [0.3, 0.4) is 0 Å². The van der Waals surface area contributed by atoms with Gasteiger partial charge in [-0.1, -0.05) is 18.2 Å². The highest BCUT2D eigenvalue weighted by Crippen LogP contribution is 2.39. The average Bonchev–Trinajstić information content (AvgIpc) is 2.81. The van der Waals surface area contributed by atoms with Crippen molar-refractivity contribution in [3.63, 3.8) is 0 Å². The van der Waals surface area contributed by atoms with Crippen molar-refractivity contribution >= 4 is 35.2 Å². The number of amides is 2. The van der Waals surface area contributed by atoms with Gasteiger partial charge < -0.3 is 14.2 Å². The summed E-state index contributed by atoms with van der Waals surface area (Å²) in [7, 11) is 4.61. The van der Waals surface area contributed by atoms with Crippen molar-refractivity contribution < 1.29 is 23.8 Å². The van der Waals surface area contributed by atoms with Gasteiger partial charge in [0.05, 0.1) is 21.3 Å². The Morgan fingerprint density at radius 3 is 2.19 bits per heavy atom. The van der Waals surface area contributed by atoms with Gasteiger partial charge in [0.2, 0.25) is 5.75 Å². The molecule has 0 radical (unpaired) electrons. The van der Waals surface area contributed by atoms with Crippen molar-refractivity contribution in [2.45, 2.75) is 11.3 Å². The van der Waals surface area contributed by atoms with Gasteiger partial charge in [0.1, 0.15) is 0 Å². The molecule has 2 aromatic carbocycles. The zero-order valence-corrected chi connectivity index (χ0v) is 18.8. The second kappa shape index (κ2) is 10.2. The summed E-state index contributed by atoms with van der Waals surface area (Å²) < 4.78 is 16.3. The van der Waals surface area contributed by atoms with Gasteiger partial charge >= 0.3 is 0 Å². The normalized spacial score (nSPS) is 13.9. The highest BCUT2D eigenvalue weighted by molar-refractivity contribution is 7.98. The Morgan fingerprint density at radius 2 is 1.68 bits per heavy atom. The molecule has 3 rings (SSSR count). The Hall–Kier alpha value is -3.19. The van der Waals surface area contributed by atoms with E-state index in [-0.39, 0.29) is 11.8 Å². The van der Waals surface area contributed by atoms with Crippen LogP contribution in [0.25, 0.3) is 11.6 Å². The van der Waals surface area contributed by atoms with Crippen LogP contribution < -0.4 is 14.2 Å². The largest absolute Gasteiger partial charge is 0.493 e. The number of thioether (sulfide) groups is 1. The van der Waals surface area contributed by atoms with Gasteiger partial charge in [-0.2, -0.15) is 0 Å². The van der Waals surface area contributed by atoms with E-state index in [1.165, 1.54) is 32.3 Å². The molecule has 6 nitrogen and oxygen atoms in total. The molecule has 0 saturated heterocycles. The summed E-state index contributed by atoms with van der Waals surface area (Å²) in [5, 5.41) is 0. The maximum atomic E-state index is 13.4. The molecule has 31 heavy (non-hydrogen) atoms. The summed E-state index contributed by atoms with van der Waals surface area (Å²) in [6.45, 7) is 0.351. The van der Waals surface area contributed by atoms with Crippen LogP contribution in [0.1, 0.15) is 17.5 Å². The molecule has 1 aliphatic rings. The highest BCUT2D eigenvalue weighted by Gasteiger charge is 2.26. The molecular weight excluding hydrogens is 414 g/mol. The molecule has 7 heteroatoms. The lowest BCUT2D eigenvalue weighted by Gasteiger charge is -2.23. The summed E-state index contributed by atoms with van der Waals surface area (Å²) in [5.74, 6) is 0.771. The average molecular weight is 440 g/mol. The van der Waals surface area contributed by atoms with E-state index < -0.39 is 0 Å². The number of hydrogen-bond donors (Lipinski definition) is 0. The van der Waals surface area contributed by atoms with Crippen molar-refractivity contribution in [3.05, 3.63) is 59.7 Å². The van der Waals surface area contributed by atoms with E-state index in [1.807, 2.05) is 30.5 Å². The summed E-state index contributed by atoms with van der Waals surface area (Å²) in [5.41, 5.74) is 1.82. The second-order valence-corrected chi connectivity index (χ2v) is 7.61. The number of hydrogen-bond acceptors (Lipinski definition) is 6. The van der Waals surface area contributed by atoms with E-state index in [0.717, 1.165) is 10.5 Å². The zero-order chi connectivity index (χ0) is 22.4. The topological polar surface area (TPSA) is 65.1 Å². The van der Waals surface area contributed by atoms with Crippen LogP contribution in [0.5, 0.6) is 17.2 Å². The summed E-state index contributed by atoms with van der Waals surface area (Å²) >= 11 is 1.62. The fraction of sp³-hybridized carbons (Fsp3) is 0.250. The molecule has 0 N–H and O–H groups in total. The van der Waals surface area contributed by atoms with E-state index in [1.54, 1.807) is 36.0 Å². The molecule has 1 heterocycles. The lowest BCUT2D eigenvalue weighted by Crippen LogP contribution is -2.38. The lowest BCUT2D eigenvalue weighted by atomic mass is 10.00. The van der Waals surface area contributed by atoms with Gasteiger partial charge in [0.25, 0.3) is 11.8 Å². The van der Waals surface area contributed by atoms with Crippen molar-refractivity contribution in [2.24, 2.45) is 0 Å². The summed E-state index contributed by atoms with van der Waals surface area (Å²) in [6, 6.07) is 11.2. The molecule has 0 aromatic heterocycles. The van der Waals surface area contributed by atoms with Crippen LogP contribution in [0, 0.1) is 0 Å². The Kier molecular flexibility index (Phi) is 7.41. The maximum absolute atomic E-state index is 13.4. The quantitative estimate of drug-likeness (QED) is 0.364. The van der Waals surface area contributed by atoms with Crippen LogP contribution in [0.2, 0.25) is 0 Å². The highest BCUT2D eigenvalue weighted by atomic mass is 32.2. The van der Waals surface area contributed by atoms with E-state index in [9.17, 15) is 9.59 Å². The number of methoxy groups -OCH3 is 3. The summed E-state index contributed by atoms with van der Waals surface area (Å²) in [4.78, 5) is 28.1. The second-order valence-electron chi connectivity index (χ2n) is 6.73. The Bertz CT molecular complexity index is 1000. The molecule has 0 atom stereocenters. The molecular formula is C24H25NO5S. The van der Waals surface area contributed by atoms with E-state index in [0.29, 0.717) is 41.4 Å². The number of imide groups is 1. The number of benzene rings is 2. The number of rotatable bonds is 7. The number of ether oxygens (including phenoxy) is 3. The standard InChI is InChI=1S/C24H25NO5S/c1-28-20-14-16(15-21(29-2)23(20)30-3)13-19(17-8-10-18(31-4)11-9-17)24(27)25-12-6-5-7-22(25)26/h5,7-11,13-15H,6,12H2,1-4H3/b19-13+. The zero-order valence-electron chi connectivity index (χ0n) is 18.0. The number of carbonyl (C=O) groups is 2.